The van der Waals surface area contributed by atoms with Gasteiger partial charge in [0.2, 0.25) is 5.91 Å². The molecule has 7 nitrogen and oxygen atoms in total. The molecule has 3 amide bonds. The quantitative estimate of drug-likeness (QED) is 0.802. The van der Waals surface area contributed by atoms with Crippen LogP contribution in [0.5, 0.6) is 0 Å². The van der Waals surface area contributed by atoms with E-state index in [2.05, 4.69) is 26.9 Å². The second kappa shape index (κ2) is 6.74. The number of nitrogens with one attached hydrogen (secondary N) is 2. The van der Waals surface area contributed by atoms with Gasteiger partial charge in [-0.25, -0.2) is 4.79 Å². The monoisotopic (exact) mass is 280 g/mol. The van der Waals surface area contributed by atoms with Gasteiger partial charge in [0.15, 0.2) is 5.82 Å². The molecular weight excluding hydrogens is 260 g/mol. The topological polar surface area (TPSA) is 87.5 Å². The lowest BCUT2D eigenvalue weighted by molar-refractivity contribution is -0.116. The molecule has 7 heteroatoms. The minimum atomic E-state index is -0.376. The molecule has 0 unspecified atom stereocenters. The van der Waals surface area contributed by atoms with E-state index in [-0.39, 0.29) is 30.6 Å². The first-order valence-electron chi connectivity index (χ1n) is 6.20. The van der Waals surface area contributed by atoms with E-state index in [0.29, 0.717) is 5.82 Å². The highest BCUT2D eigenvalue weighted by molar-refractivity contribution is 5.93. The van der Waals surface area contributed by atoms with Crippen molar-refractivity contribution in [3.8, 4) is 0 Å². The summed E-state index contributed by atoms with van der Waals surface area (Å²) < 4.78 is 4.61. The number of nitrogens with zero attached hydrogens (tertiary/aromatic N) is 2. The molecular formula is C13H20N4O3. The molecule has 0 atom stereocenters. The standard InChI is InChI=1S/C13H20N4O3/c1-5-7-17(12(19)15-13(2,3)4)9-11(18)14-10-6-8-20-16-10/h5-6,8H,1,7,9H2,2-4H3,(H,15,19)(H,14,16,18). The van der Waals surface area contributed by atoms with Gasteiger partial charge in [0.25, 0.3) is 0 Å². The van der Waals surface area contributed by atoms with Crippen molar-refractivity contribution in [3.05, 3.63) is 25.0 Å². The zero-order chi connectivity index (χ0) is 15.2. The predicted molar refractivity (Wildman–Crippen MR) is 75.2 cm³/mol. The molecule has 0 aliphatic heterocycles. The number of anilines is 1. The van der Waals surface area contributed by atoms with Gasteiger partial charge in [0, 0.05) is 18.2 Å². The highest BCUT2D eigenvalue weighted by Gasteiger charge is 2.21. The molecule has 0 aromatic carbocycles. The Kier molecular flexibility index (Phi) is 5.31. The Morgan fingerprint density at radius 1 is 1.50 bits per heavy atom. The molecule has 1 aromatic heterocycles. The van der Waals surface area contributed by atoms with Crippen molar-refractivity contribution in [2.45, 2.75) is 26.3 Å². The van der Waals surface area contributed by atoms with Crippen molar-refractivity contribution >= 4 is 17.8 Å². The fourth-order valence-electron chi connectivity index (χ4n) is 1.41. The number of carbonyl (C=O) groups is 2. The molecule has 2 N–H and O–H groups in total. The maximum Gasteiger partial charge on any atom is 0.318 e. The second-order valence-corrected chi connectivity index (χ2v) is 5.28. The van der Waals surface area contributed by atoms with Crippen LogP contribution in [0.15, 0.2) is 29.5 Å². The summed E-state index contributed by atoms with van der Waals surface area (Å²) in [6.45, 7) is 9.36. The summed E-state index contributed by atoms with van der Waals surface area (Å²) >= 11 is 0. The van der Waals surface area contributed by atoms with E-state index in [1.54, 1.807) is 6.08 Å². The average molecular weight is 280 g/mol. The normalized spacial score (nSPS) is 10.8. The van der Waals surface area contributed by atoms with Gasteiger partial charge in [-0.2, -0.15) is 0 Å². The van der Waals surface area contributed by atoms with Crippen LogP contribution in [0.1, 0.15) is 20.8 Å². The zero-order valence-electron chi connectivity index (χ0n) is 12.0. The Hall–Kier alpha value is -2.31. The van der Waals surface area contributed by atoms with Gasteiger partial charge in [-0.15, -0.1) is 6.58 Å². The molecule has 20 heavy (non-hydrogen) atoms. The van der Waals surface area contributed by atoms with Crippen molar-refractivity contribution in [3.63, 3.8) is 0 Å². The van der Waals surface area contributed by atoms with Crippen LogP contribution in [-0.4, -0.2) is 40.6 Å². The Balaban J connectivity index is 2.59. The van der Waals surface area contributed by atoms with Crippen molar-refractivity contribution in [2.24, 2.45) is 0 Å². The van der Waals surface area contributed by atoms with E-state index in [1.165, 1.54) is 17.2 Å². The Morgan fingerprint density at radius 3 is 2.70 bits per heavy atom. The number of carbonyl (C=O) groups excluding carboxylic acids is 2. The van der Waals surface area contributed by atoms with Gasteiger partial charge >= 0.3 is 6.03 Å². The summed E-state index contributed by atoms with van der Waals surface area (Å²) in [7, 11) is 0. The van der Waals surface area contributed by atoms with E-state index >= 15 is 0 Å². The number of urea groups is 1. The van der Waals surface area contributed by atoms with Crippen molar-refractivity contribution in [1.29, 1.82) is 0 Å². The summed E-state index contributed by atoms with van der Waals surface area (Å²) in [6.07, 6.45) is 2.91. The van der Waals surface area contributed by atoms with Crippen LogP contribution in [0, 0.1) is 0 Å². The van der Waals surface area contributed by atoms with E-state index in [4.69, 9.17) is 0 Å². The van der Waals surface area contributed by atoms with Gasteiger partial charge in [0.05, 0.1) is 0 Å². The number of hydrogen-bond acceptors (Lipinski definition) is 4. The van der Waals surface area contributed by atoms with Crippen LogP contribution < -0.4 is 10.6 Å². The Morgan fingerprint density at radius 2 is 2.20 bits per heavy atom. The molecule has 1 heterocycles. The van der Waals surface area contributed by atoms with Crippen LogP contribution >= 0.6 is 0 Å². The number of rotatable bonds is 5. The fraction of sp³-hybridized carbons (Fsp3) is 0.462. The molecule has 0 saturated heterocycles. The maximum absolute atomic E-state index is 12.0. The SMILES string of the molecule is C=CCN(CC(=O)Nc1ccon1)C(=O)NC(C)(C)C. The molecule has 0 aliphatic carbocycles. The van der Waals surface area contributed by atoms with Crippen molar-refractivity contribution in [1.82, 2.24) is 15.4 Å². The molecule has 1 rings (SSSR count). The van der Waals surface area contributed by atoms with Crippen molar-refractivity contribution in [2.75, 3.05) is 18.4 Å². The molecule has 110 valence electrons. The maximum atomic E-state index is 12.0. The zero-order valence-corrected chi connectivity index (χ0v) is 12.0. The van der Waals surface area contributed by atoms with Gasteiger partial charge in [0.1, 0.15) is 12.8 Å². The lowest BCUT2D eigenvalue weighted by Crippen LogP contribution is -2.50. The molecule has 0 radical (unpaired) electrons. The summed E-state index contributed by atoms with van der Waals surface area (Å²) in [6, 6.07) is 1.19. The van der Waals surface area contributed by atoms with E-state index in [0.717, 1.165) is 0 Å². The minimum absolute atomic E-state index is 0.0964. The molecule has 0 aliphatic rings. The molecule has 0 saturated carbocycles. The van der Waals surface area contributed by atoms with Crippen LogP contribution in [-0.2, 0) is 4.79 Å². The van der Waals surface area contributed by atoms with Crippen molar-refractivity contribution < 1.29 is 14.1 Å². The van der Waals surface area contributed by atoms with Gasteiger partial charge in [-0.05, 0) is 20.8 Å². The summed E-state index contributed by atoms with van der Waals surface area (Å²) in [5.41, 5.74) is -0.376. The Bertz CT molecular complexity index is 462. The van der Waals surface area contributed by atoms with E-state index in [9.17, 15) is 9.59 Å². The Labute approximate surface area is 118 Å². The third-order valence-electron chi connectivity index (χ3n) is 2.16. The van der Waals surface area contributed by atoms with E-state index < -0.39 is 0 Å². The predicted octanol–water partition coefficient (Wildman–Crippen LogP) is 1.61. The number of hydrogen-bond donors (Lipinski definition) is 2. The molecule has 0 bridgehead atoms. The largest absolute Gasteiger partial charge is 0.363 e. The first-order chi connectivity index (χ1) is 9.31. The van der Waals surface area contributed by atoms with Gasteiger partial charge < -0.3 is 20.1 Å². The summed E-state index contributed by atoms with van der Waals surface area (Å²) in [5, 5.41) is 8.89. The third-order valence-corrected chi connectivity index (χ3v) is 2.16. The lowest BCUT2D eigenvalue weighted by Gasteiger charge is -2.27. The molecule has 1 aromatic rings. The van der Waals surface area contributed by atoms with Crippen LogP contribution in [0.25, 0.3) is 0 Å². The number of amides is 3. The smallest absolute Gasteiger partial charge is 0.318 e. The third kappa shape index (κ3) is 5.55. The number of aromatic nitrogens is 1. The second-order valence-electron chi connectivity index (χ2n) is 5.28. The van der Waals surface area contributed by atoms with Crippen LogP contribution in [0.2, 0.25) is 0 Å². The molecule has 0 fully saturated rings. The van der Waals surface area contributed by atoms with E-state index in [1.807, 2.05) is 20.8 Å². The van der Waals surface area contributed by atoms with Crippen LogP contribution in [0.3, 0.4) is 0 Å². The minimum Gasteiger partial charge on any atom is -0.363 e. The first kappa shape index (κ1) is 15.7. The highest BCUT2D eigenvalue weighted by Crippen LogP contribution is 2.04. The summed E-state index contributed by atoms with van der Waals surface area (Å²) in [5.74, 6) is -0.0467. The molecule has 0 spiro atoms. The van der Waals surface area contributed by atoms with Crippen LogP contribution in [0.4, 0.5) is 10.6 Å². The summed E-state index contributed by atoms with van der Waals surface area (Å²) in [4.78, 5) is 25.2. The van der Waals surface area contributed by atoms with Gasteiger partial charge in [-0.3, -0.25) is 4.79 Å². The lowest BCUT2D eigenvalue weighted by atomic mass is 10.1. The highest BCUT2D eigenvalue weighted by atomic mass is 16.5. The van der Waals surface area contributed by atoms with Gasteiger partial charge in [-0.1, -0.05) is 11.2 Å². The first-order valence-corrected chi connectivity index (χ1v) is 6.20. The average Bonchev–Trinajstić information content (AvgIpc) is 2.78. The fourth-order valence-corrected chi connectivity index (χ4v) is 1.41.